The zero-order valence-electron chi connectivity index (χ0n) is 10.9. The van der Waals surface area contributed by atoms with E-state index in [1.807, 2.05) is 18.2 Å². The number of ether oxygens (including phenoxy) is 1. The predicted octanol–water partition coefficient (Wildman–Crippen LogP) is 1.23. The van der Waals surface area contributed by atoms with Crippen molar-refractivity contribution in [3.8, 4) is 0 Å². The lowest BCUT2D eigenvalue weighted by Crippen LogP contribution is -2.24. The zero-order chi connectivity index (χ0) is 12.8. The molecule has 1 aromatic heterocycles. The molecule has 0 radical (unpaired) electrons. The highest BCUT2D eigenvalue weighted by Crippen LogP contribution is 2.28. The zero-order valence-corrected chi connectivity index (χ0v) is 10.9. The molecule has 1 aliphatic rings. The molecule has 0 aromatic carbocycles. The van der Waals surface area contributed by atoms with Crippen molar-refractivity contribution in [1.82, 2.24) is 9.88 Å². The van der Waals surface area contributed by atoms with E-state index in [0.29, 0.717) is 5.82 Å². The van der Waals surface area contributed by atoms with E-state index in [0.717, 1.165) is 37.9 Å². The van der Waals surface area contributed by atoms with E-state index in [4.69, 9.17) is 10.6 Å². The molecule has 0 bridgehead atoms. The average molecular weight is 250 g/mol. The van der Waals surface area contributed by atoms with E-state index in [1.54, 1.807) is 0 Å². The van der Waals surface area contributed by atoms with Crippen LogP contribution in [0.2, 0.25) is 0 Å². The van der Waals surface area contributed by atoms with E-state index in [-0.39, 0.29) is 0 Å². The molecule has 1 aliphatic carbocycles. The Morgan fingerprint density at radius 3 is 3.06 bits per heavy atom. The lowest BCUT2D eigenvalue weighted by molar-refractivity contribution is 0.101. The fourth-order valence-corrected chi connectivity index (χ4v) is 1.76. The smallest absolute Gasteiger partial charge is 0.140 e. The second-order valence-electron chi connectivity index (χ2n) is 4.91. The Morgan fingerprint density at radius 2 is 2.33 bits per heavy atom. The summed E-state index contributed by atoms with van der Waals surface area (Å²) < 4.78 is 5.62. The second-order valence-corrected chi connectivity index (χ2v) is 4.91. The molecule has 1 heterocycles. The van der Waals surface area contributed by atoms with Crippen molar-refractivity contribution in [2.45, 2.75) is 19.4 Å². The van der Waals surface area contributed by atoms with Crippen LogP contribution in [0.4, 0.5) is 5.82 Å². The van der Waals surface area contributed by atoms with Crippen LogP contribution in [0.15, 0.2) is 18.2 Å². The van der Waals surface area contributed by atoms with Crippen molar-refractivity contribution in [3.63, 3.8) is 0 Å². The predicted molar refractivity (Wildman–Crippen MR) is 71.9 cm³/mol. The Labute approximate surface area is 108 Å². The van der Waals surface area contributed by atoms with Gasteiger partial charge in [-0.25, -0.2) is 10.8 Å². The van der Waals surface area contributed by atoms with Gasteiger partial charge in [-0.05, 0) is 37.9 Å². The summed E-state index contributed by atoms with van der Waals surface area (Å²) in [6.07, 6.45) is 2.69. The molecule has 0 unspecified atom stereocenters. The molecule has 18 heavy (non-hydrogen) atoms. The average Bonchev–Trinajstić information content (AvgIpc) is 3.19. The lowest BCUT2D eigenvalue weighted by atomic mass is 10.3. The number of hydrogen-bond acceptors (Lipinski definition) is 5. The minimum absolute atomic E-state index is 0.700. The summed E-state index contributed by atoms with van der Waals surface area (Å²) >= 11 is 0. The monoisotopic (exact) mass is 250 g/mol. The van der Waals surface area contributed by atoms with Crippen LogP contribution >= 0.6 is 0 Å². The fraction of sp³-hybridized carbons (Fsp3) is 0.615. The maximum absolute atomic E-state index is 5.62. The molecule has 1 saturated carbocycles. The third-order valence-electron chi connectivity index (χ3n) is 3.05. The van der Waals surface area contributed by atoms with Gasteiger partial charge < -0.3 is 10.2 Å². The number of pyridine rings is 1. The van der Waals surface area contributed by atoms with Crippen molar-refractivity contribution in [2.24, 2.45) is 11.8 Å². The molecule has 5 nitrogen and oxygen atoms in total. The number of nitrogens with one attached hydrogen (secondary N) is 1. The molecule has 1 aromatic rings. The Hall–Kier alpha value is -1.17. The minimum Gasteiger partial charge on any atom is -0.380 e. The van der Waals surface area contributed by atoms with Crippen LogP contribution in [-0.4, -0.2) is 36.7 Å². The number of aromatic nitrogens is 1. The van der Waals surface area contributed by atoms with Crippen LogP contribution in [0.5, 0.6) is 0 Å². The summed E-state index contributed by atoms with van der Waals surface area (Å²) in [5.41, 5.74) is 3.57. The van der Waals surface area contributed by atoms with Crippen LogP contribution in [0.25, 0.3) is 0 Å². The first-order valence-corrected chi connectivity index (χ1v) is 6.47. The number of hydrogen-bond donors (Lipinski definition) is 2. The maximum atomic E-state index is 5.62. The summed E-state index contributed by atoms with van der Waals surface area (Å²) in [4.78, 5) is 6.58. The minimum atomic E-state index is 0.700. The quantitative estimate of drug-likeness (QED) is 0.413. The van der Waals surface area contributed by atoms with Gasteiger partial charge in [-0.1, -0.05) is 6.07 Å². The highest BCUT2D eigenvalue weighted by molar-refractivity contribution is 5.33. The van der Waals surface area contributed by atoms with Crippen LogP contribution in [-0.2, 0) is 11.3 Å². The van der Waals surface area contributed by atoms with Crippen LogP contribution < -0.4 is 11.3 Å². The fourth-order valence-electron chi connectivity index (χ4n) is 1.76. The Balaban J connectivity index is 1.66. The van der Waals surface area contributed by atoms with Crippen molar-refractivity contribution in [2.75, 3.05) is 32.2 Å². The highest BCUT2D eigenvalue weighted by atomic mass is 16.5. The molecule has 0 spiro atoms. The largest absolute Gasteiger partial charge is 0.380 e. The standard InChI is InChI=1S/C13H22N4O/c1-17(7-8-18-10-11-5-6-11)9-12-3-2-4-13(15-12)16-14/h2-4,11H,5-10,14H2,1H3,(H,15,16). The summed E-state index contributed by atoms with van der Waals surface area (Å²) in [5, 5.41) is 0. The molecule has 2 rings (SSSR count). The molecule has 0 saturated heterocycles. The summed E-state index contributed by atoms with van der Waals surface area (Å²) in [6, 6.07) is 5.81. The summed E-state index contributed by atoms with van der Waals surface area (Å²) in [5.74, 6) is 6.87. The van der Waals surface area contributed by atoms with Gasteiger partial charge in [0.2, 0.25) is 0 Å². The topological polar surface area (TPSA) is 63.4 Å². The number of likely N-dealkylation sites (N-methyl/N-ethyl adjacent to an activating group) is 1. The van der Waals surface area contributed by atoms with Gasteiger partial charge in [0.25, 0.3) is 0 Å². The summed E-state index contributed by atoms with van der Waals surface area (Å²) in [7, 11) is 2.07. The molecular weight excluding hydrogens is 228 g/mol. The van der Waals surface area contributed by atoms with Crippen molar-refractivity contribution in [3.05, 3.63) is 23.9 Å². The Morgan fingerprint density at radius 1 is 1.50 bits per heavy atom. The number of nitrogen functional groups attached to an aromatic ring is 1. The summed E-state index contributed by atoms with van der Waals surface area (Å²) in [6.45, 7) is 3.46. The second kappa shape index (κ2) is 6.68. The number of rotatable bonds is 8. The molecule has 3 N–H and O–H groups in total. The van der Waals surface area contributed by atoms with Gasteiger partial charge in [-0.15, -0.1) is 0 Å². The molecule has 100 valence electrons. The number of hydrazine groups is 1. The highest BCUT2D eigenvalue weighted by Gasteiger charge is 2.20. The van der Waals surface area contributed by atoms with Gasteiger partial charge in [0.1, 0.15) is 5.82 Å². The lowest BCUT2D eigenvalue weighted by Gasteiger charge is -2.16. The van der Waals surface area contributed by atoms with E-state index in [1.165, 1.54) is 12.8 Å². The van der Waals surface area contributed by atoms with Crippen LogP contribution in [0.3, 0.4) is 0 Å². The van der Waals surface area contributed by atoms with E-state index < -0.39 is 0 Å². The molecule has 0 amide bonds. The van der Waals surface area contributed by atoms with Gasteiger partial charge in [-0.3, -0.25) is 4.90 Å². The third kappa shape index (κ3) is 4.60. The maximum Gasteiger partial charge on any atom is 0.140 e. The van der Waals surface area contributed by atoms with Crippen molar-refractivity contribution >= 4 is 5.82 Å². The first-order valence-electron chi connectivity index (χ1n) is 6.47. The van der Waals surface area contributed by atoms with E-state index in [9.17, 15) is 0 Å². The number of nitrogens with zero attached hydrogens (tertiary/aromatic N) is 2. The number of nitrogens with two attached hydrogens (primary N) is 1. The number of anilines is 1. The first-order chi connectivity index (χ1) is 8.78. The molecular formula is C13H22N4O. The van der Waals surface area contributed by atoms with Gasteiger partial charge in [0.05, 0.1) is 12.3 Å². The Bertz CT molecular complexity index is 368. The molecule has 1 fully saturated rings. The van der Waals surface area contributed by atoms with Gasteiger partial charge in [-0.2, -0.15) is 0 Å². The van der Waals surface area contributed by atoms with Crippen LogP contribution in [0, 0.1) is 5.92 Å². The third-order valence-corrected chi connectivity index (χ3v) is 3.05. The van der Waals surface area contributed by atoms with E-state index in [2.05, 4.69) is 22.4 Å². The van der Waals surface area contributed by atoms with Gasteiger partial charge in [0.15, 0.2) is 0 Å². The molecule has 0 aliphatic heterocycles. The molecule has 5 heteroatoms. The first kappa shape index (κ1) is 13.3. The van der Waals surface area contributed by atoms with Crippen molar-refractivity contribution < 1.29 is 4.74 Å². The van der Waals surface area contributed by atoms with E-state index >= 15 is 0 Å². The van der Waals surface area contributed by atoms with Gasteiger partial charge >= 0.3 is 0 Å². The molecule has 0 atom stereocenters. The van der Waals surface area contributed by atoms with Gasteiger partial charge in [0, 0.05) is 19.7 Å². The normalized spacial score (nSPS) is 15.1. The Kier molecular flexibility index (Phi) is 4.92. The van der Waals surface area contributed by atoms with Crippen molar-refractivity contribution in [1.29, 1.82) is 0 Å². The van der Waals surface area contributed by atoms with Crippen LogP contribution in [0.1, 0.15) is 18.5 Å². The SMILES string of the molecule is CN(CCOCC1CC1)Cc1cccc(NN)n1.